The average Bonchev–Trinajstić information content (AvgIpc) is 2.86. The van der Waals surface area contributed by atoms with Crippen molar-refractivity contribution >= 4 is 17.3 Å². The first kappa shape index (κ1) is 15.5. The van der Waals surface area contributed by atoms with E-state index >= 15 is 0 Å². The molecule has 0 bridgehead atoms. The van der Waals surface area contributed by atoms with E-state index in [1.54, 1.807) is 23.0 Å². The minimum absolute atomic E-state index is 0.0138. The number of nitro groups is 1. The highest BCUT2D eigenvalue weighted by molar-refractivity contribution is 6.30. The Hall–Kier alpha value is -1.92. The van der Waals surface area contributed by atoms with Crippen molar-refractivity contribution in [3.63, 3.8) is 0 Å². The summed E-state index contributed by atoms with van der Waals surface area (Å²) in [5.74, 6) is 0. The van der Waals surface area contributed by atoms with Crippen molar-refractivity contribution in [3.8, 4) is 0 Å². The summed E-state index contributed by atoms with van der Waals surface area (Å²) in [5.41, 5.74) is 1.64. The fourth-order valence-electron chi connectivity index (χ4n) is 1.92. The lowest BCUT2D eigenvalue weighted by Gasteiger charge is -2.05. The lowest BCUT2D eigenvalue weighted by atomic mass is 10.2. The third kappa shape index (κ3) is 4.27. The van der Waals surface area contributed by atoms with Gasteiger partial charge in [-0.2, -0.15) is 5.10 Å². The second-order valence-corrected chi connectivity index (χ2v) is 5.55. The van der Waals surface area contributed by atoms with Crippen LogP contribution >= 0.6 is 11.6 Å². The maximum absolute atomic E-state index is 11.1. The molecule has 0 spiro atoms. The zero-order valence-electron chi connectivity index (χ0n) is 11.9. The lowest BCUT2D eigenvalue weighted by molar-refractivity contribution is -0.385. The molecule has 1 aromatic heterocycles. The third-order valence-corrected chi connectivity index (χ3v) is 3.21. The molecule has 112 valence electrons. The molecule has 2 rings (SSSR count). The zero-order chi connectivity index (χ0) is 15.4. The van der Waals surface area contributed by atoms with Crippen LogP contribution in [-0.2, 0) is 13.1 Å². The Morgan fingerprint density at radius 3 is 2.90 bits per heavy atom. The zero-order valence-corrected chi connectivity index (χ0v) is 12.7. The van der Waals surface area contributed by atoms with Gasteiger partial charge in [0.2, 0.25) is 0 Å². The van der Waals surface area contributed by atoms with Gasteiger partial charge in [-0.3, -0.25) is 14.8 Å². The number of hydrogen-bond donors (Lipinski definition) is 1. The van der Waals surface area contributed by atoms with Crippen molar-refractivity contribution in [1.82, 2.24) is 15.1 Å². The number of nitrogens with one attached hydrogen (secondary N) is 1. The van der Waals surface area contributed by atoms with Crippen LogP contribution in [0, 0.1) is 10.1 Å². The molecular formula is C14H17ClN4O2. The highest BCUT2D eigenvalue weighted by atomic mass is 35.5. The Kier molecular flexibility index (Phi) is 4.93. The fraction of sp³-hybridized carbons (Fsp3) is 0.357. The smallest absolute Gasteiger partial charge is 0.275 e. The Balaban J connectivity index is 2.13. The summed E-state index contributed by atoms with van der Waals surface area (Å²) in [6.45, 7) is 5.21. The van der Waals surface area contributed by atoms with Crippen molar-refractivity contribution in [3.05, 3.63) is 56.9 Å². The van der Waals surface area contributed by atoms with E-state index in [-0.39, 0.29) is 5.69 Å². The standard InChI is InChI=1S/C14H17ClN4O2/c1-10(2)16-6-11-7-17-18(8-11)9-12-3-4-13(15)5-14(12)19(20)21/h3-5,7-8,10,16H,6,9H2,1-2H3. The molecular weight excluding hydrogens is 292 g/mol. The van der Waals surface area contributed by atoms with Crippen molar-refractivity contribution in [2.45, 2.75) is 33.0 Å². The predicted molar refractivity (Wildman–Crippen MR) is 81.4 cm³/mol. The van der Waals surface area contributed by atoms with Crippen LogP contribution in [0.25, 0.3) is 0 Å². The normalized spacial score (nSPS) is 11.0. The maximum atomic E-state index is 11.1. The summed E-state index contributed by atoms with van der Waals surface area (Å²) >= 11 is 5.80. The van der Waals surface area contributed by atoms with Crippen molar-refractivity contribution in [2.75, 3.05) is 0 Å². The predicted octanol–water partition coefficient (Wildman–Crippen LogP) is 2.99. The van der Waals surface area contributed by atoms with E-state index in [9.17, 15) is 10.1 Å². The SMILES string of the molecule is CC(C)NCc1cnn(Cc2ccc(Cl)cc2[N+](=O)[O-])c1. The molecule has 0 aliphatic carbocycles. The second kappa shape index (κ2) is 6.69. The fourth-order valence-corrected chi connectivity index (χ4v) is 2.09. The van der Waals surface area contributed by atoms with E-state index < -0.39 is 4.92 Å². The van der Waals surface area contributed by atoms with E-state index in [1.807, 2.05) is 6.20 Å². The molecule has 7 heteroatoms. The average molecular weight is 309 g/mol. The number of rotatable bonds is 6. The minimum Gasteiger partial charge on any atom is -0.310 e. The van der Waals surface area contributed by atoms with Gasteiger partial charge < -0.3 is 5.32 Å². The van der Waals surface area contributed by atoms with Gasteiger partial charge in [-0.25, -0.2) is 0 Å². The number of nitro benzene ring substituents is 1. The van der Waals surface area contributed by atoms with E-state index in [1.165, 1.54) is 6.07 Å². The maximum Gasteiger partial charge on any atom is 0.275 e. The number of benzene rings is 1. The number of aromatic nitrogens is 2. The highest BCUT2D eigenvalue weighted by Gasteiger charge is 2.15. The summed E-state index contributed by atoms with van der Waals surface area (Å²) in [4.78, 5) is 10.6. The molecule has 2 aromatic rings. The summed E-state index contributed by atoms with van der Waals surface area (Å²) in [5, 5.41) is 18.9. The molecule has 0 saturated carbocycles. The molecule has 0 fully saturated rings. The topological polar surface area (TPSA) is 73.0 Å². The lowest BCUT2D eigenvalue weighted by Crippen LogP contribution is -2.21. The molecule has 1 aromatic carbocycles. The van der Waals surface area contributed by atoms with Crippen LogP contribution in [0.1, 0.15) is 25.0 Å². The molecule has 0 atom stereocenters. The summed E-state index contributed by atoms with van der Waals surface area (Å²) in [6, 6.07) is 5.07. The molecule has 0 aliphatic heterocycles. The van der Waals surface area contributed by atoms with Gasteiger partial charge in [0.15, 0.2) is 0 Å². The molecule has 0 aliphatic rings. The largest absolute Gasteiger partial charge is 0.310 e. The molecule has 21 heavy (non-hydrogen) atoms. The van der Waals surface area contributed by atoms with E-state index in [4.69, 9.17) is 11.6 Å². The molecule has 1 N–H and O–H groups in total. The van der Waals surface area contributed by atoms with Gasteiger partial charge in [0, 0.05) is 35.4 Å². The van der Waals surface area contributed by atoms with Gasteiger partial charge in [-0.05, 0) is 12.1 Å². The minimum atomic E-state index is -0.425. The Labute approximate surface area is 127 Å². The molecule has 0 amide bonds. The molecule has 1 heterocycles. The number of nitrogens with zero attached hydrogens (tertiary/aromatic N) is 3. The quantitative estimate of drug-likeness (QED) is 0.657. The van der Waals surface area contributed by atoms with Gasteiger partial charge in [0.1, 0.15) is 0 Å². The van der Waals surface area contributed by atoms with E-state index in [0.29, 0.717) is 23.2 Å². The van der Waals surface area contributed by atoms with Crippen molar-refractivity contribution < 1.29 is 4.92 Å². The van der Waals surface area contributed by atoms with Crippen LogP contribution < -0.4 is 5.32 Å². The monoisotopic (exact) mass is 308 g/mol. The molecule has 0 radical (unpaired) electrons. The van der Waals surface area contributed by atoms with Gasteiger partial charge >= 0.3 is 0 Å². The van der Waals surface area contributed by atoms with Crippen LogP contribution in [0.2, 0.25) is 5.02 Å². The van der Waals surface area contributed by atoms with Gasteiger partial charge in [0.25, 0.3) is 5.69 Å². The first-order valence-corrected chi connectivity index (χ1v) is 7.01. The number of hydrogen-bond acceptors (Lipinski definition) is 4. The molecule has 0 saturated heterocycles. The van der Waals surface area contributed by atoms with E-state index in [0.717, 1.165) is 12.1 Å². The molecule has 0 unspecified atom stereocenters. The van der Waals surface area contributed by atoms with Gasteiger partial charge in [0.05, 0.1) is 23.2 Å². The van der Waals surface area contributed by atoms with E-state index in [2.05, 4.69) is 24.3 Å². The van der Waals surface area contributed by atoms with Crippen molar-refractivity contribution in [1.29, 1.82) is 0 Å². The van der Waals surface area contributed by atoms with Crippen LogP contribution in [0.4, 0.5) is 5.69 Å². The van der Waals surface area contributed by atoms with Gasteiger partial charge in [-0.1, -0.05) is 25.4 Å². The van der Waals surface area contributed by atoms with Crippen LogP contribution in [0.15, 0.2) is 30.6 Å². The Morgan fingerprint density at radius 1 is 1.48 bits per heavy atom. The molecule has 6 nitrogen and oxygen atoms in total. The van der Waals surface area contributed by atoms with Crippen LogP contribution in [-0.4, -0.2) is 20.7 Å². The summed E-state index contributed by atoms with van der Waals surface area (Å²) in [6.07, 6.45) is 3.64. The first-order valence-electron chi connectivity index (χ1n) is 6.63. The first-order chi connectivity index (χ1) is 9.95. The summed E-state index contributed by atoms with van der Waals surface area (Å²) in [7, 11) is 0. The number of halogens is 1. The van der Waals surface area contributed by atoms with Gasteiger partial charge in [-0.15, -0.1) is 0 Å². The summed E-state index contributed by atoms with van der Waals surface area (Å²) < 4.78 is 1.69. The Bertz CT molecular complexity index is 640. The van der Waals surface area contributed by atoms with Crippen LogP contribution in [0.3, 0.4) is 0 Å². The third-order valence-electron chi connectivity index (χ3n) is 2.98. The second-order valence-electron chi connectivity index (χ2n) is 5.11. The Morgan fingerprint density at radius 2 is 2.24 bits per heavy atom. The van der Waals surface area contributed by atoms with Crippen molar-refractivity contribution in [2.24, 2.45) is 0 Å². The highest BCUT2D eigenvalue weighted by Crippen LogP contribution is 2.23. The van der Waals surface area contributed by atoms with Crippen LogP contribution in [0.5, 0.6) is 0 Å².